The molecule has 0 saturated carbocycles. The molecule has 6 nitrogen and oxygen atoms in total. The number of hydrogen-bond acceptors (Lipinski definition) is 3. The van der Waals surface area contributed by atoms with E-state index in [1.54, 1.807) is 9.80 Å². The molecule has 0 aliphatic carbocycles. The second kappa shape index (κ2) is 7.68. The molecule has 2 atom stereocenters. The Hall–Kier alpha value is -2.37. The fraction of sp³-hybridized carbons (Fsp3) is 0.526. The Morgan fingerprint density at radius 2 is 1.84 bits per heavy atom. The van der Waals surface area contributed by atoms with Gasteiger partial charge >= 0.3 is 5.97 Å². The first-order valence-corrected chi connectivity index (χ1v) is 8.94. The van der Waals surface area contributed by atoms with Crippen molar-refractivity contribution in [2.24, 2.45) is 5.92 Å². The summed E-state index contributed by atoms with van der Waals surface area (Å²) in [5, 5.41) is 9.28. The molecule has 2 amide bonds. The Bertz CT molecular complexity index is 646. The molecule has 0 spiro atoms. The van der Waals surface area contributed by atoms with Gasteiger partial charge < -0.3 is 14.9 Å². The second-order valence-electron chi connectivity index (χ2n) is 6.82. The standard InChI is InChI=1S/C19H24N2O4/c22-16-10-4-5-12-21(16)17(14-7-2-1-3-8-14)18(23)20-11-6-9-15(13-20)19(24)25/h1-3,7-8,15,17H,4-6,9-13H2,(H,24,25)/t15-,17-/m1/s1. The SMILES string of the molecule is O=C(O)[C@@H]1CCCN(C(=O)[C@@H](c2ccccc2)N2CCCCC2=O)C1. The highest BCUT2D eigenvalue weighted by Gasteiger charge is 2.37. The van der Waals surface area contributed by atoms with Crippen molar-refractivity contribution < 1.29 is 19.5 Å². The highest BCUT2D eigenvalue weighted by Crippen LogP contribution is 2.29. The van der Waals surface area contributed by atoms with Gasteiger partial charge in [-0.3, -0.25) is 14.4 Å². The molecule has 2 fully saturated rings. The predicted molar refractivity (Wildman–Crippen MR) is 91.7 cm³/mol. The third kappa shape index (κ3) is 3.83. The number of benzene rings is 1. The van der Waals surface area contributed by atoms with Gasteiger partial charge in [-0.2, -0.15) is 0 Å². The van der Waals surface area contributed by atoms with Gasteiger partial charge in [0.15, 0.2) is 0 Å². The Kier molecular flexibility index (Phi) is 5.36. The fourth-order valence-electron chi connectivity index (χ4n) is 3.74. The molecule has 25 heavy (non-hydrogen) atoms. The van der Waals surface area contributed by atoms with Crippen LogP contribution in [0.5, 0.6) is 0 Å². The quantitative estimate of drug-likeness (QED) is 0.907. The summed E-state index contributed by atoms with van der Waals surface area (Å²) < 4.78 is 0. The third-order valence-corrected chi connectivity index (χ3v) is 5.10. The van der Waals surface area contributed by atoms with Gasteiger partial charge in [-0.25, -0.2) is 0 Å². The van der Waals surface area contributed by atoms with Gasteiger partial charge in [0, 0.05) is 26.1 Å². The van der Waals surface area contributed by atoms with Gasteiger partial charge in [0.25, 0.3) is 0 Å². The van der Waals surface area contributed by atoms with E-state index in [9.17, 15) is 19.5 Å². The van der Waals surface area contributed by atoms with Crippen LogP contribution in [-0.4, -0.2) is 52.3 Å². The van der Waals surface area contributed by atoms with Gasteiger partial charge in [-0.1, -0.05) is 30.3 Å². The Morgan fingerprint density at radius 1 is 1.08 bits per heavy atom. The maximum atomic E-state index is 13.3. The lowest BCUT2D eigenvalue weighted by atomic mass is 9.95. The van der Waals surface area contributed by atoms with Crippen LogP contribution in [0.4, 0.5) is 0 Å². The summed E-state index contributed by atoms with van der Waals surface area (Å²) in [7, 11) is 0. The van der Waals surface area contributed by atoms with Crippen LogP contribution in [0.2, 0.25) is 0 Å². The number of amides is 2. The number of piperidine rings is 2. The highest BCUT2D eigenvalue weighted by atomic mass is 16.4. The molecule has 2 saturated heterocycles. The Balaban J connectivity index is 1.87. The first-order valence-electron chi connectivity index (χ1n) is 8.94. The molecule has 2 aliphatic heterocycles. The molecule has 6 heteroatoms. The molecule has 0 radical (unpaired) electrons. The van der Waals surface area contributed by atoms with Crippen LogP contribution in [0.1, 0.15) is 43.7 Å². The third-order valence-electron chi connectivity index (χ3n) is 5.10. The molecule has 134 valence electrons. The number of carbonyl (C=O) groups is 3. The largest absolute Gasteiger partial charge is 0.481 e. The van der Waals surface area contributed by atoms with E-state index in [1.807, 2.05) is 30.3 Å². The number of hydrogen-bond donors (Lipinski definition) is 1. The molecule has 1 aromatic rings. The van der Waals surface area contributed by atoms with Crippen LogP contribution >= 0.6 is 0 Å². The lowest BCUT2D eigenvalue weighted by molar-refractivity contribution is -0.152. The van der Waals surface area contributed by atoms with Crippen molar-refractivity contribution in [3.8, 4) is 0 Å². The topological polar surface area (TPSA) is 77.9 Å². The summed E-state index contributed by atoms with van der Waals surface area (Å²) in [5.41, 5.74) is 0.792. The van der Waals surface area contributed by atoms with Crippen LogP contribution in [0.25, 0.3) is 0 Å². The molecule has 1 aromatic carbocycles. The minimum Gasteiger partial charge on any atom is -0.481 e. The lowest BCUT2D eigenvalue weighted by Gasteiger charge is -2.39. The van der Waals surface area contributed by atoms with E-state index in [0.29, 0.717) is 32.4 Å². The molecular weight excluding hydrogens is 320 g/mol. The van der Waals surface area contributed by atoms with Gasteiger partial charge in [0.2, 0.25) is 11.8 Å². The van der Waals surface area contributed by atoms with E-state index in [2.05, 4.69) is 0 Å². The monoisotopic (exact) mass is 344 g/mol. The number of aliphatic carboxylic acids is 1. The number of carbonyl (C=O) groups excluding carboxylic acids is 2. The predicted octanol–water partition coefficient (Wildman–Crippen LogP) is 2.06. The maximum absolute atomic E-state index is 13.3. The van der Waals surface area contributed by atoms with Crippen molar-refractivity contribution in [2.75, 3.05) is 19.6 Å². The average Bonchev–Trinajstić information content (AvgIpc) is 2.64. The van der Waals surface area contributed by atoms with Gasteiger partial charge in [-0.15, -0.1) is 0 Å². The minimum atomic E-state index is -0.859. The van der Waals surface area contributed by atoms with Crippen molar-refractivity contribution in [1.82, 2.24) is 9.80 Å². The van der Waals surface area contributed by atoms with Crippen LogP contribution in [0.3, 0.4) is 0 Å². The molecular formula is C19H24N2O4. The molecule has 2 heterocycles. The first kappa shape index (κ1) is 17.5. The van der Waals surface area contributed by atoms with Crippen molar-refractivity contribution in [3.05, 3.63) is 35.9 Å². The van der Waals surface area contributed by atoms with Gasteiger partial charge in [0.1, 0.15) is 6.04 Å². The van der Waals surface area contributed by atoms with Crippen molar-refractivity contribution in [3.63, 3.8) is 0 Å². The van der Waals surface area contributed by atoms with E-state index < -0.39 is 17.9 Å². The summed E-state index contributed by atoms with van der Waals surface area (Å²) in [6.07, 6.45) is 3.49. The molecule has 2 aliphatic rings. The highest BCUT2D eigenvalue weighted by molar-refractivity contribution is 5.89. The van der Waals surface area contributed by atoms with Crippen LogP contribution in [-0.2, 0) is 14.4 Å². The number of likely N-dealkylation sites (tertiary alicyclic amines) is 2. The molecule has 1 N–H and O–H groups in total. The van der Waals surface area contributed by atoms with Gasteiger partial charge in [0.05, 0.1) is 5.92 Å². The smallest absolute Gasteiger partial charge is 0.308 e. The Labute approximate surface area is 147 Å². The maximum Gasteiger partial charge on any atom is 0.308 e. The molecule has 0 bridgehead atoms. The van der Waals surface area contributed by atoms with E-state index in [0.717, 1.165) is 18.4 Å². The summed E-state index contributed by atoms with van der Waals surface area (Å²) in [5.74, 6) is -1.54. The zero-order valence-corrected chi connectivity index (χ0v) is 14.3. The van der Waals surface area contributed by atoms with E-state index in [-0.39, 0.29) is 18.4 Å². The van der Waals surface area contributed by atoms with E-state index >= 15 is 0 Å². The number of carboxylic acid groups (broad SMARTS) is 1. The zero-order valence-electron chi connectivity index (χ0n) is 14.3. The minimum absolute atomic E-state index is 0.000229. The van der Waals surface area contributed by atoms with Crippen LogP contribution < -0.4 is 0 Å². The summed E-state index contributed by atoms with van der Waals surface area (Å²) in [4.78, 5) is 40.3. The Morgan fingerprint density at radius 3 is 2.52 bits per heavy atom. The summed E-state index contributed by atoms with van der Waals surface area (Å²) in [6.45, 7) is 1.34. The normalized spacial score (nSPS) is 22.6. The molecule has 0 aromatic heterocycles. The van der Waals surface area contributed by atoms with Crippen molar-refractivity contribution in [2.45, 2.75) is 38.1 Å². The fourth-order valence-corrected chi connectivity index (χ4v) is 3.74. The molecule has 3 rings (SSSR count). The molecule has 0 unspecified atom stereocenters. The van der Waals surface area contributed by atoms with Gasteiger partial charge in [-0.05, 0) is 31.2 Å². The second-order valence-corrected chi connectivity index (χ2v) is 6.82. The summed E-state index contributed by atoms with van der Waals surface area (Å²) in [6, 6.07) is 8.68. The number of nitrogens with zero attached hydrogens (tertiary/aromatic N) is 2. The van der Waals surface area contributed by atoms with E-state index in [1.165, 1.54) is 0 Å². The van der Waals surface area contributed by atoms with E-state index in [4.69, 9.17) is 0 Å². The average molecular weight is 344 g/mol. The van der Waals surface area contributed by atoms with Crippen molar-refractivity contribution >= 4 is 17.8 Å². The van der Waals surface area contributed by atoms with Crippen LogP contribution in [0.15, 0.2) is 30.3 Å². The summed E-state index contributed by atoms with van der Waals surface area (Å²) >= 11 is 0. The zero-order chi connectivity index (χ0) is 17.8. The van der Waals surface area contributed by atoms with Crippen molar-refractivity contribution in [1.29, 1.82) is 0 Å². The van der Waals surface area contributed by atoms with Crippen LogP contribution in [0, 0.1) is 5.92 Å². The lowest BCUT2D eigenvalue weighted by Crippen LogP contribution is -2.50. The number of carboxylic acids is 1. The number of rotatable bonds is 4. The first-order chi connectivity index (χ1) is 12.1.